The number of hydrogen-bond acceptors (Lipinski definition) is 4. The van der Waals surface area contributed by atoms with Gasteiger partial charge < -0.3 is 4.90 Å². The third-order valence-electron chi connectivity index (χ3n) is 2.08. The van der Waals surface area contributed by atoms with E-state index < -0.39 is 6.43 Å². The fourth-order valence-corrected chi connectivity index (χ4v) is 1.55. The van der Waals surface area contributed by atoms with Crippen LogP contribution in [0.1, 0.15) is 11.4 Å². The minimum Gasteiger partial charge on any atom is -0.333 e. The second-order valence-electron chi connectivity index (χ2n) is 3.31. The van der Waals surface area contributed by atoms with E-state index in [0.29, 0.717) is 23.3 Å². The standard InChI is InChI=1S/C9H13BrF2N4/c1-6-7(2)14-15-9(13-6)16(4-3-10)5-8(11)12/h8H,3-5H2,1-2H3. The summed E-state index contributed by atoms with van der Waals surface area (Å²) in [5, 5.41) is 8.28. The molecule has 90 valence electrons. The fraction of sp³-hybridized carbons (Fsp3) is 0.667. The van der Waals surface area contributed by atoms with Crippen LogP contribution in [0.4, 0.5) is 14.7 Å². The van der Waals surface area contributed by atoms with Crippen LogP contribution in [-0.4, -0.2) is 40.0 Å². The van der Waals surface area contributed by atoms with Crippen molar-refractivity contribution in [3.63, 3.8) is 0 Å². The molecule has 7 heteroatoms. The number of alkyl halides is 3. The lowest BCUT2D eigenvalue weighted by molar-refractivity contribution is 0.154. The van der Waals surface area contributed by atoms with Crippen molar-refractivity contribution in [1.29, 1.82) is 0 Å². The Kier molecular flexibility index (Phi) is 4.98. The molecule has 1 rings (SSSR count). The Morgan fingerprint density at radius 3 is 2.44 bits per heavy atom. The zero-order valence-corrected chi connectivity index (χ0v) is 10.7. The summed E-state index contributed by atoms with van der Waals surface area (Å²) in [5.41, 5.74) is 1.42. The van der Waals surface area contributed by atoms with Crippen molar-refractivity contribution in [3.05, 3.63) is 11.4 Å². The first-order valence-electron chi connectivity index (χ1n) is 4.81. The second-order valence-corrected chi connectivity index (χ2v) is 4.10. The van der Waals surface area contributed by atoms with Crippen molar-refractivity contribution in [3.8, 4) is 0 Å². The number of hydrogen-bond donors (Lipinski definition) is 0. The van der Waals surface area contributed by atoms with Crippen LogP contribution in [0, 0.1) is 13.8 Å². The van der Waals surface area contributed by atoms with Crippen LogP contribution >= 0.6 is 15.9 Å². The van der Waals surface area contributed by atoms with Crippen LogP contribution in [-0.2, 0) is 0 Å². The van der Waals surface area contributed by atoms with Gasteiger partial charge in [-0.1, -0.05) is 15.9 Å². The van der Waals surface area contributed by atoms with Crippen LogP contribution in [0.2, 0.25) is 0 Å². The van der Waals surface area contributed by atoms with Gasteiger partial charge in [-0.25, -0.2) is 13.8 Å². The highest BCUT2D eigenvalue weighted by Crippen LogP contribution is 2.10. The summed E-state index contributed by atoms with van der Waals surface area (Å²) in [6.07, 6.45) is -2.41. The van der Waals surface area contributed by atoms with E-state index in [4.69, 9.17) is 0 Å². The fourth-order valence-electron chi connectivity index (χ4n) is 1.12. The summed E-state index contributed by atoms with van der Waals surface area (Å²) < 4.78 is 24.7. The molecule has 0 unspecified atom stereocenters. The normalized spacial score (nSPS) is 10.9. The van der Waals surface area contributed by atoms with Gasteiger partial charge in [0.05, 0.1) is 17.9 Å². The summed E-state index contributed by atoms with van der Waals surface area (Å²) >= 11 is 3.21. The molecule has 0 spiro atoms. The number of rotatable bonds is 5. The lowest BCUT2D eigenvalue weighted by Gasteiger charge is -2.20. The van der Waals surface area contributed by atoms with Gasteiger partial charge >= 0.3 is 0 Å². The van der Waals surface area contributed by atoms with E-state index in [2.05, 4.69) is 31.1 Å². The molecule has 0 N–H and O–H groups in total. The molecule has 1 aromatic heterocycles. The van der Waals surface area contributed by atoms with Crippen molar-refractivity contribution >= 4 is 21.9 Å². The predicted octanol–water partition coefficient (Wildman–Crippen LogP) is 1.95. The molecule has 0 bridgehead atoms. The molecule has 0 aliphatic rings. The molecule has 0 saturated carbocycles. The molecule has 0 saturated heterocycles. The van der Waals surface area contributed by atoms with Gasteiger partial charge in [0.15, 0.2) is 0 Å². The Hall–Kier alpha value is -0.850. The maximum atomic E-state index is 12.3. The lowest BCUT2D eigenvalue weighted by atomic mass is 10.4. The molecule has 0 amide bonds. The maximum Gasteiger partial charge on any atom is 0.255 e. The van der Waals surface area contributed by atoms with Crippen molar-refractivity contribution < 1.29 is 8.78 Å². The molecule has 4 nitrogen and oxygen atoms in total. The van der Waals surface area contributed by atoms with E-state index in [1.165, 1.54) is 4.90 Å². The van der Waals surface area contributed by atoms with Crippen molar-refractivity contribution in [2.75, 3.05) is 23.3 Å². The van der Waals surface area contributed by atoms with Crippen molar-refractivity contribution in [2.24, 2.45) is 0 Å². The van der Waals surface area contributed by atoms with E-state index in [0.717, 1.165) is 0 Å². The lowest BCUT2D eigenvalue weighted by Crippen LogP contribution is -2.32. The number of nitrogens with zero attached hydrogens (tertiary/aromatic N) is 4. The van der Waals surface area contributed by atoms with E-state index in [1.54, 1.807) is 13.8 Å². The zero-order chi connectivity index (χ0) is 12.1. The van der Waals surface area contributed by atoms with Gasteiger partial charge in [-0.15, -0.1) is 5.10 Å². The number of aryl methyl sites for hydroxylation is 2. The van der Waals surface area contributed by atoms with Crippen molar-refractivity contribution in [2.45, 2.75) is 20.3 Å². The minimum atomic E-state index is -2.41. The SMILES string of the molecule is Cc1nnc(N(CCBr)CC(F)F)nc1C. The first-order valence-corrected chi connectivity index (χ1v) is 5.93. The van der Waals surface area contributed by atoms with E-state index in [1.807, 2.05) is 0 Å². The van der Waals surface area contributed by atoms with Gasteiger partial charge in [-0.2, -0.15) is 5.10 Å². The molecule has 1 heterocycles. The molecule has 1 aromatic rings. The Morgan fingerprint density at radius 1 is 1.25 bits per heavy atom. The summed E-state index contributed by atoms with van der Waals surface area (Å²) in [6, 6.07) is 0. The van der Waals surface area contributed by atoms with Crippen LogP contribution in [0.3, 0.4) is 0 Å². The largest absolute Gasteiger partial charge is 0.333 e. The topological polar surface area (TPSA) is 41.9 Å². The summed E-state index contributed by atoms with van der Waals surface area (Å²) in [6.45, 7) is 3.60. The Morgan fingerprint density at radius 2 is 1.94 bits per heavy atom. The van der Waals surface area contributed by atoms with Crippen LogP contribution < -0.4 is 4.90 Å². The zero-order valence-electron chi connectivity index (χ0n) is 9.12. The van der Waals surface area contributed by atoms with Gasteiger partial charge in [0, 0.05) is 11.9 Å². The van der Waals surface area contributed by atoms with Crippen LogP contribution in [0.25, 0.3) is 0 Å². The number of aromatic nitrogens is 3. The molecule has 0 aliphatic carbocycles. The number of anilines is 1. The summed E-state index contributed by atoms with van der Waals surface area (Å²) in [4.78, 5) is 5.56. The Balaban J connectivity index is 2.87. The van der Waals surface area contributed by atoms with Gasteiger partial charge in [-0.05, 0) is 13.8 Å². The molecular formula is C9H13BrF2N4. The van der Waals surface area contributed by atoms with Crippen molar-refractivity contribution in [1.82, 2.24) is 15.2 Å². The molecule has 0 atom stereocenters. The van der Waals surface area contributed by atoms with E-state index >= 15 is 0 Å². The monoisotopic (exact) mass is 294 g/mol. The van der Waals surface area contributed by atoms with Gasteiger partial charge in [-0.3, -0.25) is 0 Å². The summed E-state index contributed by atoms with van der Waals surface area (Å²) in [7, 11) is 0. The third-order valence-corrected chi connectivity index (χ3v) is 2.43. The highest BCUT2D eigenvalue weighted by molar-refractivity contribution is 9.09. The maximum absolute atomic E-state index is 12.3. The quantitative estimate of drug-likeness (QED) is 0.779. The van der Waals surface area contributed by atoms with E-state index in [9.17, 15) is 8.78 Å². The Bertz CT molecular complexity index is 348. The third kappa shape index (κ3) is 3.62. The van der Waals surface area contributed by atoms with Gasteiger partial charge in [0.1, 0.15) is 0 Å². The second kappa shape index (κ2) is 6.03. The average Bonchev–Trinajstić information content (AvgIpc) is 2.21. The Labute approximate surface area is 101 Å². The smallest absolute Gasteiger partial charge is 0.255 e. The van der Waals surface area contributed by atoms with Gasteiger partial charge in [0.2, 0.25) is 5.95 Å². The van der Waals surface area contributed by atoms with E-state index in [-0.39, 0.29) is 12.5 Å². The summed E-state index contributed by atoms with van der Waals surface area (Å²) in [5.74, 6) is 0.253. The molecular weight excluding hydrogens is 282 g/mol. The molecule has 0 aromatic carbocycles. The molecule has 0 aliphatic heterocycles. The minimum absolute atomic E-state index is 0.253. The van der Waals surface area contributed by atoms with Crippen LogP contribution in [0.15, 0.2) is 0 Å². The average molecular weight is 295 g/mol. The first-order chi connectivity index (χ1) is 7.54. The molecule has 0 radical (unpaired) electrons. The van der Waals surface area contributed by atoms with Gasteiger partial charge in [0.25, 0.3) is 6.43 Å². The predicted molar refractivity (Wildman–Crippen MR) is 61.3 cm³/mol. The highest BCUT2D eigenvalue weighted by atomic mass is 79.9. The highest BCUT2D eigenvalue weighted by Gasteiger charge is 2.15. The van der Waals surface area contributed by atoms with Crippen LogP contribution in [0.5, 0.6) is 0 Å². The number of halogens is 3. The molecule has 16 heavy (non-hydrogen) atoms. The first kappa shape index (κ1) is 13.2. The molecule has 0 fully saturated rings.